The summed E-state index contributed by atoms with van der Waals surface area (Å²) < 4.78 is 9.94. The van der Waals surface area contributed by atoms with Crippen molar-refractivity contribution in [3.63, 3.8) is 0 Å². The lowest BCUT2D eigenvalue weighted by Crippen LogP contribution is -2.50. The van der Waals surface area contributed by atoms with Crippen LogP contribution in [0.25, 0.3) is 0 Å². The van der Waals surface area contributed by atoms with Gasteiger partial charge in [-0.15, -0.1) is 0 Å². The smallest absolute Gasteiger partial charge is 0.316 e. The first-order valence-corrected chi connectivity index (χ1v) is 6.42. The van der Waals surface area contributed by atoms with Gasteiger partial charge in [-0.2, -0.15) is 9.97 Å². The zero-order valence-corrected chi connectivity index (χ0v) is 11.9. The van der Waals surface area contributed by atoms with Gasteiger partial charge in [0.15, 0.2) is 0 Å². The second-order valence-electron chi connectivity index (χ2n) is 4.27. The van der Waals surface area contributed by atoms with Crippen molar-refractivity contribution in [2.24, 2.45) is 0 Å². The Morgan fingerprint density at radius 3 is 2.29 bits per heavy atom. The Kier molecular flexibility index (Phi) is 4.88. The number of rotatable bonds is 3. The molecule has 114 valence electrons. The van der Waals surface area contributed by atoms with E-state index >= 15 is 0 Å². The highest BCUT2D eigenvalue weighted by Crippen LogP contribution is 2.17. The van der Waals surface area contributed by atoms with Crippen molar-refractivity contribution in [1.29, 1.82) is 0 Å². The van der Waals surface area contributed by atoms with Crippen LogP contribution in [0, 0.1) is 0 Å². The maximum Gasteiger partial charge on any atom is 0.316 e. The average Bonchev–Trinajstić information content (AvgIpc) is 2.54. The monoisotopic (exact) mass is 295 g/mol. The molecule has 0 saturated carbocycles. The largest absolute Gasteiger partial charge is 0.481 e. The minimum absolute atomic E-state index is 0.0420. The molecule has 1 aliphatic rings. The molecule has 1 aromatic rings. The van der Waals surface area contributed by atoms with Gasteiger partial charge in [0.05, 0.1) is 20.3 Å². The van der Waals surface area contributed by atoms with Crippen LogP contribution < -0.4 is 20.1 Å². The van der Waals surface area contributed by atoms with E-state index < -0.39 is 11.8 Å². The maximum absolute atomic E-state index is 12.0. The van der Waals surface area contributed by atoms with Crippen LogP contribution in [0.4, 0.5) is 5.95 Å². The fraction of sp³-hybridized carbons (Fsp3) is 0.500. The van der Waals surface area contributed by atoms with Gasteiger partial charge in [-0.3, -0.25) is 14.9 Å². The number of hydrogen-bond donors (Lipinski definition) is 2. The van der Waals surface area contributed by atoms with Crippen molar-refractivity contribution < 1.29 is 19.1 Å². The predicted molar refractivity (Wildman–Crippen MR) is 73.2 cm³/mol. The molecule has 0 atom stereocenters. The SMILES string of the molecule is COc1cc(OC)nc(NC(=O)C(=O)N2CCNCC2)n1. The van der Waals surface area contributed by atoms with E-state index in [4.69, 9.17) is 9.47 Å². The summed E-state index contributed by atoms with van der Waals surface area (Å²) in [6.07, 6.45) is 0. The molecule has 1 aromatic heterocycles. The molecule has 0 unspecified atom stereocenters. The Hall–Kier alpha value is -2.42. The fourth-order valence-corrected chi connectivity index (χ4v) is 1.84. The van der Waals surface area contributed by atoms with Gasteiger partial charge >= 0.3 is 11.8 Å². The summed E-state index contributed by atoms with van der Waals surface area (Å²) in [6, 6.07) is 1.47. The number of ether oxygens (including phenoxy) is 2. The molecule has 2 rings (SSSR count). The second-order valence-corrected chi connectivity index (χ2v) is 4.27. The lowest BCUT2D eigenvalue weighted by Gasteiger charge is -2.26. The third-order valence-corrected chi connectivity index (χ3v) is 2.92. The van der Waals surface area contributed by atoms with Crippen LogP contribution in [0.15, 0.2) is 6.07 Å². The van der Waals surface area contributed by atoms with E-state index in [0.29, 0.717) is 26.2 Å². The number of hydrogen-bond acceptors (Lipinski definition) is 7. The molecule has 1 saturated heterocycles. The molecule has 2 heterocycles. The molecule has 1 aliphatic heterocycles. The molecule has 0 spiro atoms. The molecule has 0 radical (unpaired) electrons. The summed E-state index contributed by atoms with van der Waals surface area (Å²) in [5, 5.41) is 5.46. The van der Waals surface area contributed by atoms with Gasteiger partial charge < -0.3 is 19.7 Å². The number of carbonyl (C=O) groups excluding carboxylic acids is 2. The van der Waals surface area contributed by atoms with Gasteiger partial charge in [0, 0.05) is 26.2 Å². The zero-order chi connectivity index (χ0) is 15.2. The highest BCUT2D eigenvalue weighted by atomic mass is 16.5. The van der Waals surface area contributed by atoms with E-state index in [0.717, 1.165) is 0 Å². The molecule has 1 fully saturated rings. The summed E-state index contributed by atoms with van der Waals surface area (Å²) in [5.41, 5.74) is 0. The number of methoxy groups -OCH3 is 2. The van der Waals surface area contributed by atoms with Crippen molar-refractivity contribution in [3.05, 3.63) is 6.07 Å². The average molecular weight is 295 g/mol. The van der Waals surface area contributed by atoms with Crippen LogP contribution in [0.3, 0.4) is 0 Å². The summed E-state index contributed by atoms with van der Waals surface area (Å²) in [6.45, 7) is 2.33. The Balaban J connectivity index is 2.06. The normalized spacial score (nSPS) is 14.5. The van der Waals surface area contributed by atoms with Crippen LogP contribution in [0.1, 0.15) is 0 Å². The predicted octanol–water partition coefficient (Wildman–Crippen LogP) is -1.14. The number of amides is 2. The highest BCUT2D eigenvalue weighted by Gasteiger charge is 2.24. The number of anilines is 1. The number of piperazine rings is 1. The minimum Gasteiger partial charge on any atom is -0.481 e. The van der Waals surface area contributed by atoms with Crippen molar-refractivity contribution in [2.75, 3.05) is 45.7 Å². The molecule has 0 bridgehead atoms. The van der Waals surface area contributed by atoms with Crippen molar-refractivity contribution in [1.82, 2.24) is 20.2 Å². The number of nitrogens with zero attached hydrogens (tertiary/aromatic N) is 3. The van der Waals surface area contributed by atoms with Gasteiger partial charge in [0.1, 0.15) is 0 Å². The van der Waals surface area contributed by atoms with Gasteiger partial charge in [-0.25, -0.2) is 0 Å². The summed E-state index contributed by atoms with van der Waals surface area (Å²) in [5.74, 6) is -0.979. The minimum atomic E-state index is -0.785. The molecule has 9 heteroatoms. The topological polar surface area (TPSA) is 106 Å². The lowest BCUT2D eigenvalue weighted by molar-refractivity contribution is -0.143. The van der Waals surface area contributed by atoms with E-state index in [1.165, 1.54) is 25.2 Å². The Morgan fingerprint density at radius 1 is 1.19 bits per heavy atom. The maximum atomic E-state index is 12.0. The van der Waals surface area contributed by atoms with Crippen LogP contribution in [-0.4, -0.2) is 67.1 Å². The van der Waals surface area contributed by atoms with E-state index in [2.05, 4.69) is 20.6 Å². The van der Waals surface area contributed by atoms with Gasteiger partial charge in [-0.1, -0.05) is 0 Å². The van der Waals surface area contributed by atoms with Crippen molar-refractivity contribution in [2.45, 2.75) is 0 Å². The van der Waals surface area contributed by atoms with Gasteiger partial charge in [-0.05, 0) is 0 Å². The molecule has 9 nitrogen and oxygen atoms in total. The molecule has 0 aliphatic carbocycles. The lowest BCUT2D eigenvalue weighted by atomic mass is 10.3. The molecule has 0 aromatic carbocycles. The first kappa shape index (κ1) is 15.0. The molecule has 2 amide bonds. The fourth-order valence-electron chi connectivity index (χ4n) is 1.84. The van der Waals surface area contributed by atoms with Crippen LogP contribution in [0.5, 0.6) is 11.8 Å². The zero-order valence-electron chi connectivity index (χ0n) is 11.9. The summed E-state index contributed by atoms with van der Waals surface area (Å²) in [4.78, 5) is 33.3. The Morgan fingerprint density at radius 2 is 1.76 bits per heavy atom. The molecular weight excluding hydrogens is 278 g/mol. The first-order valence-electron chi connectivity index (χ1n) is 6.42. The number of aromatic nitrogens is 2. The van der Waals surface area contributed by atoms with E-state index in [9.17, 15) is 9.59 Å². The van der Waals surface area contributed by atoms with E-state index in [-0.39, 0.29) is 17.7 Å². The molecule has 21 heavy (non-hydrogen) atoms. The van der Waals surface area contributed by atoms with Gasteiger partial charge in [0.25, 0.3) is 0 Å². The molecule has 2 N–H and O–H groups in total. The molecular formula is C12H17N5O4. The van der Waals surface area contributed by atoms with Crippen LogP contribution >= 0.6 is 0 Å². The van der Waals surface area contributed by atoms with Gasteiger partial charge in [0.2, 0.25) is 17.7 Å². The number of nitrogens with one attached hydrogen (secondary N) is 2. The standard InChI is InChI=1S/C12H17N5O4/c1-20-8-7-9(21-2)15-12(14-8)16-10(18)11(19)17-5-3-13-4-6-17/h7,13H,3-6H2,1-2H3,(H,14,15,16,18). The third-order valence-electron chi connectivity index (χ3n) is 2.92. The van der Waals surface area contributed by atoms with Crippen molar-refractivity contribution in [3.8, 4) is 11.8 Å². The van der Waals surface area contributed by atoms with Crippen LogP contribution in [0.2, 0.25) is 0 Å². The quantitative estimate of drug-likeness (QED) is 0.679. The van der Waals surface area contributed by atoms with Crippen molar-refractivity contribution >= 4 is 17.8 Å². The van der Waals surface area contributed by atoms with Crippen LogP contribution in [-0.2, 0) is 9.59 Å². The third kappa shape index (κ3) is 3.78. The summed E-state index contributed by atoms with van der Waals surface area (Å²) >= 11 is 0. The number of carbonyl (C=O) groups is 2. The Bertz CT molecular complexity index is 508. The first-order chi connectivity index (χ1) is 10.1. The highest BCUT2D eigenvalue weighted by molar-refractivity contribution is 6.39. The second kappa shape index (κ2) is 6.84. The van der Waals surface area contributed by atoms with E-state index in [1.54, 1.807) is 0 Å². The van der Waals surface area contributed by atoms with E-state index in [1.807, 2.05) is 0 Å². The Labute approximate surface area is 121 Å². The summed E-state index contributed by atoms with van der Waals surface area (Å²) in [7, 11) is 2.86.